The van der Waals surface area contributed by atoms with Crippen LogP contribution in [0.25, 0.3) is 5.82 Å². The van der Waals surface area contributed by atoms with E-state index in [1.165, 1.54) is 0 Å². The van der Waals surface area contributed by atoms with Gasteiger partial charge in [-0.05, 0) is 30.8 Å². The van der Waals surface area contributed by atoms with Gasteiger partial charge in [-0.1, -0.05) is 0 Å². The summed E-state index contributed by atoms with van der Waals surface area (Å²) in [6.07, 6.45) is 5.73. The summed E-state index contributed by atoms with van der Waals surface area (Å²) < 4.78 is 1.69. The molecule has 0 fully saturated rings. The first-order valence-electron chi connectivity index (χ1n) is 6.16. The second kappa shape index (κ2) is 6.65. The molecule has 0 atom stereocenters. The van der Waals surface area contributed by atoms with Crippen molar-refractivity contribution in [3.8, 4) is 5.82 Å². The lowest BCUT2D eigenvalue weighted by Gasteiger charge is -2.06. The molecule has 0 aliphatic heterocycles. The smallest absolute Gasteiger partial charge is 0.221 e. The monoisotopic (exact) mass is 259 g/mol. The third-order valence-electron chi connectivity index (χ3n) is 2.64. The highest BCUT2D eigenvalue weighted by Gasteiger charge is 2.03. The van der Waals surface area contributed by atoms with E-state index < -0.39 is 0 Å². The fourth-order valence-electron chi connectivity index (χ4n) is 1.63. The Kier molecular flexibility index (Phi) is 4.63. The highest BCUT2D eigenvalue weighted by molar-refractivity contribution is 5.76. The van der Waals surface area contributed by atoms with Crippen molar-refractivity contribution in [2.24, 2.45) is 0 Å². The molecule has 0 aromatic carbocycles. The van der Waals surface area contributed by atoms with Crippen LogP contribution in [0.1, 0.15) is 12.0 Å². The Labute approximate surface area is 111 Å². The molecule has 0 bridgehead atoms. The Bertz CT molecular complexity index is 524. The molecule has 6 heteroatoms. The van der Waals surface area contributed by atoms with Gasteiger partial charge in [0.2, 0.25) is 5.91 Å². The average Bonchev–Trinajstić information content (AvgIpc) is 2.97. The fraction of sp³-hybridized carbons (Fsp3) is 0.308. The molecule has 1 amide bonds. The lowest BCUT2D eigenvalue weighted by atomic mass is 10.2. The predicted octanol–water partition coefficient (Wildman–Crippen LogP) is 0.493. The normalized spacial score (nSPS) is 10.4. The van der Waals surface area contributed by atoms with Gasteiger partial charge in [-0.25, -0.2) is 9.67 Å². The second-order valence-corrected chi connectivity index (χ2v) is 4.10. The summed E-state index contributed by atoms with van der Waals surface area (Å²) in [5, 5.41) is 9.93. The number of hydrogen-bond donors (Lipinski definition) is 2. The number of aromatic nitrogens is 3. The van der Waals surface area contributed by atoms with Gasteiger partial charge < -0.3 is 10.6 Å². The molecule has 0 saturated carbocycles. The standard InChI is InChI=1S/C13H17N5O/c1-14-6-4-13(19)16-10-11-3-7-15-12(9-11)18-8-2-5-17-18/h2-3,5,7-9,14H,4,6,10H2,1H3,(H,16,19). The van der Waals surface area contributed by atoms with Crippen LogP contribution >= 0.6 is 0 Å². The minimum Gasteiger partial charge on any atom is -0.352 e. The minimum absolute atomic E-state index is 0.0341. The van der Waals surface area contributed by atoms with Crippen LogP contribution in [0.4, 0.5) is 0 Å². The molecule has 2 aromatic heterocycles. The number of hydrogen-bond acceptors (Lipinski definition) is 4. The van der Waals surface area contributed by atoms with Crippen molar-refractivity contribution in [3.63, 3.8) is 0 Å². The van der Waals surface area contributed by atoms with Crippen LogP contribution in [0.15, 0.2) is 36.8 Å². The van der Waals surface area contributed by atoms with Crippen LogP contribution in [0.3, 0.4) is 0 Å². The zero-order valence-corrected chi connectivity index (χ0v) is 10.8. The van der Waals surface area contributed by atoms with E-state index in [0.717, 1.165) is 11.4 Å². The largest absolute Gasteiger partial charge is 0.352 e. The number of carbonyl (C=O) groups excluding carboxylic acids is 1. The van der Waals surface area contributed by atoms with Crippen molar-refractivity contribution < 1.29 is 4.79 Å². The van der Waals surface area contributed by atoms with Crippen molar-refractivity contribution in [1.82, 2.24) is 25.4 Å². The highest BCUT2D eigenvalue weighted by Crippen LogP contribution is 2.05. The molecule has 0 spiro atoms. The van der Waals surface area contributed by atoms with E-state index in [1.807, 2.05) is 31.4 Å². The summed E-state index contributed by atoms with van der Waals surface area (Å²) in [6.45, 7) is 1.18. The van der Waals surface area contributed by atoms with Gasteiger partial charge >= 0.3 is 0 Å². The number of amides is 1. The summed E-state index contributed by atoms with van der Waals surface area (Å²) in [6, 6.07) is 5.63. The van der Waals surface area contributed by atoms with Crippen molar-refractivity contribution >= 4 is 5.91 Å². The Morgan fingerprint density at radius 3 is 3.05 bits per heavy atom. The van der Waals surface area contributed by atoms with Crippen LogP contribution in [0.2, 0.25) is 0 Å². The van der Waals surface area contributed by atoms with Gasteiger partial charge in [0.25, 0.3) is 0 Å². The fourth-order valence-corrected chi connectivity index (χ4v) is 1.63. The maximum absolute atomic E-state index is 11.5. The molecular formula is C13H17N5O. The third kappa shape index (κ3) is 3.89. The lowest BCUT2D eigenvalue weighted by molar-refractivity contribution is -0.121. The topological polar surface area (TPSA) is 71.8 Å². The molecule has 0 unspecified atom stereocenters. The minimum atomic E-state index is 0.0341. The maximum Gasteiger partial charge on any atom is 0.221 e. The number of rotatable bonds is 6. The molecule has 19 heavy (non-hydrogen) atoms. The number of carbonyl (C=O) groups is 1. The number of nitrogens with zero attached hydrogens (tertiary/aromatic N) is 3. The summed E-state index contributed by atoms with van der Waals surface area (Å²) >= 11 is 0. The van der Waals surface area contributed by atoms with Crippen LogP contribution < -0.4 is 10.6 Å². The highest BCUT2D eigenvalue weighted by atomic mass is 16.1. The molecule has 2 N–H and O–H groups in total. The van der Waals surface area contributed by atoms with E-state index in [2.05, 4.69) is 20.7 Å². The predicted molar refractivity (Wildman–Crippen MR) is 71.7 cm³/mol. The van der Waals surface area contributed by atoms with E-state index >= 15 is 0 Å². The first-order valence-corrected chi connectivity index (χ1v) is 6.16. The first kappa shape index (κ1) is 13.2. The molecule has 2 heterocycles. The Morgan fingerprint density at radius 1 is 1.42 bits per heavy atom. The van der Waals surface area contributed by atoms with Crippen LogP contribution in [-0.2, 0) is 11.3 Å². The molecule has 2 rings (SSSR count). The lowest BCUT2D eigenvalue weighted by Crippen LogP contribution is -2.26. The Hall–Kier alpha value is -2.21. The van der Waals surface area contributed by atoms with Gasteiger partial charge in [-0.3, -0.25) is 4.79 Å². The van der Waals surface area contributed by atoms with Gasteiger partial charge in [0.1, 0.15) is 0 Å². The summed E-state index contributed by atoms with van der Waals surface area (Å²) in [5.41, 5.74) is 0.998. The van der Waals surface area contributed by atoms with Crippen LogP contribution in [0.5, 0.6) is 0 Å². The van der Waals surface area contributed by atoms with E-state index in [9.17, 15) is 4.79 Å². The van der Waals surface area contributed by atoms with E-state index in [0.29, 0.717) is 19.5 Å². The molecule has 6 nitrogen and oxygen atoms in total. The Balaban J connectivity index is 1.94. The van der Waals surface area contributed by atoms with Crippen molar-refractivity contribution in [3.05, 3.63) is 42.4 Å². The maximum atomic E-state index is 11.5. The molecule has 0 saturated heterocycles. The molecular weight excluding hydrogens is 242 g/mol. The second-order valence-electron chi connectivity index (χ2n) is 4.10. The van der Waals surface area contributed by atoms with Gasteiger partial charge in [-0.15, -0.1) is 0 Å². The van der Waals surface area contributed by atoms with Crippen molar-refractivity contribution in [1.29, 1.82) is 0 Å². The van der Waals surface area contributed by atoms with Gasteiger partial charge in [0, 0.05) is 38.1 Å². The van der Waals surface area contributed by atoms with Gasteiger partial charge in [0.15, 0.2) is 5.82 Å². The molecule has 2 aromatic rings. The zero-order chi connectivity index (χ0) is 13.5. The molecule has 0 aliphatic carbocycles. The zero-order valence-electron chi connectivity index (χ0n) is 10.8. The van der Waals surface area contributed by atoms with Crippen LogP contribution in [0, 0.1) is 0 Å². The SMILES string of the molecule is CNCCC(=O)NCc1ccnc(-n2cccn2)c1. The van der Waals surface area contributed by atoms with E-state index in [-0.39, 0.29) is 5.91 Å². The summed E-state index contributed by atoms with van der Waals surface area (Å²) in [7, 11) is 1.83. The van der Waals surface area contributed by atoms with Crippen molar-refractivity contribution in [2.75, 3.05) is 13.6 Å². The third-order valence-corrected chi connectivity index (χ3v) is 2.64. The number of pyridine rings is 1. The van der Waals surface area contributed by atoms with E-state index in [1.54, 1.807) is 17.1 Å². The quantitative estimate of drug-likeness (QED) is 0.792. The van der Waals surface area contributed by atoms with E-state index in [4.69, 9.17) is 0 Å². The summed E-state index contributed by atoms with van der Waals surface area (Å²) in [5.74, 6) is 0.777. The molecule has 0 aliphatic rings. The van der Waals surface area contributed by atoms with Crippen LogP contribution in [-0.4, -0.2) is 34.3 Å². The molecule has 0 radical (unpaired) electrons. The Morgan fingerprint density at radius 2 is 2.32 bits per heavy atom. The summed E-state index contributed by atoms with van der Waals surface area (Å²) in [4.78, 5) is 15.7. The van der Waals surface area contributed by atoms with Crippen molar-refractivity contribution in [2.45, 2.75) is 13.0 Å². The van der Waals surface area contributed by atoms with Gasteiger partial charge in [-0.2, -0.15) is 5.10 Å². The molecule has 100 valence electrons. The first-order chi connectivity index (χ1) is 9.29. The number of nitrogens with one attached hydrogen (secondary N) is 2. The average molecular weight is 259 g/mol. The van der Waals surface area contributed by atoms with Gasteiger partial charge in [0.05, 0.1) is 0 Å².